The number of para-hydroxylation sites is 1. The van der Waals surface area contributed by atoms with Gasteiger partial charge >= 0.3 is 0 Å². The quantitative estimate of drug-likeness (QED) is 0.828. The largest absolute Gasteiger partial charge is 0.464 e. The summed E-state index contributed by atoms with van der Waals surface area (Å²) >= 11 is 0. The number of furan rings is 1. The van der Waals surface area contributed by atoms with Crippen molar-refractivity contribution in [3.8, 4) is 0 Å². The van der Waals surface area contributed by atoms with Crippen LogP contribution in [-0.2, 0) is 0 Å². The van der Waals surface area contributed by atoms with Crippen LogP contribution in [0.25, 0.3) is 11.0 Å². The zero-order valence-electron chi connectivity index (χ0n) is 9.73. The van der Waals surface area contributed by atoms with Gasteiger partial charge in [-0.15, -0.1) is 0 Å². The molecule has 16 heavy (non-hydrogen) atoms. The molecular weight excluding hydrogens is 200 g/mol. The van der Waals surface area contributed by atoms with Crippen molar-refractivity contribution < 1.29 is 4.42 Å². The molecule has 1 aromatic heterocycles. The molecule has 0 aliphatic rings. The second kappa shape index (κ2) is 4.68. The molecule has 86 valence electrons. The lowest BCUT2D eigenvalue weighted by Crippen LogP contribution is -2.33. The van der Waals surface area contributed by atoms with Gasteiger partial charge in [-0.2, -0.15) is 0 Å². The Hall–Kier alpha value is -1.32. The maximum atomic E-state index is 5.80. The summed E-state index contributed by atoms with van der Waals surface area (Å²) in [7, 11) is 0. The van der Waals surface area contributed by atoms with E-state index in [4.69, 9.17) is 10.2 Å². The second-order valence-electron chi connectivity index (χ2n) is 4.30. The van der Waals surface area contributed by atoms with Crippen LogP contribution in [0.4, 0.5) is 0 Å². The molecular formula is C13H18N2O. The minimum Gasteiger partial charge on any atom is -0.464 e. The molecule has 0 fully saturated rings. The Labute approximate surface area is 95.6 Å². The second-order valence-corrected chi connectivity index (χ2v) is 4.30. The predicted octanol–water partition coefficient (Wildman–Crippen LogP) is 2.43. The molecule has 1 aromatic carbocycles. The molecule has 1 unspecified atom stereocenters. The molecule has 1 atom stereocenters. The summed E-state index contributed by atoms with van der Waals surface area (Å²) in [6, 6.07) is 8.60. The maximum absolute atomic E-state index is 5.80. The van der Waals surface area contributed by atoms with Gasteiger partial charge in [0, 0.05) is 29.6 Å². The van der Waals surface area contributed by atoms with Crippen molar-refractivity contribution >= 4 is 11.0 Å². The molecule has 0 aliphatic heterocycles. The zero-order valence-corrected chi connectivity index (χ0v) is 9.73. The monoisotopic (exact) mass is 218 g/mol. The fourth-order valence-corrected chi connectivity index (χ4v) is 1.96. The van der Waals surface area contributed by atoms with Crippen LogP contribution in [0.15, 0.2) is 34.9 Å². The highest BCUT2D eigenvalue weighted by Crippen LogP contribution is 2.25. The van der Waals surface area contributed by atoms with E-state index in [0.717, 1.165) is 16.5 Å². The minimum atomic E-state index is 0.156. The molecule has 3 heteroatoms. The average Bonchev–Trinajstić information content (AvgIpc) is 2.69. The predicted molar refractivity (Wildman–Crippen MR) is 66.3 cm³/mol. The van der Waals surface area contributed by atoms with Gasteiger partial charge in [-0.05, 0) is 6.07 Å². The van der Waals surface area contributed by atoms with Crippen molar-refractivity contribution in [3.05, 3.63) is 36.1 Å². The van der Waals surface area contributed by atoms with Gasteiger partial charge in [0.1, 0.15) is 5.58 Å². The first-order chi connectivity index (χ1) is 7.72. The molecule has 1 heterocycles. The highest BCUT2D eigenvalue weighted by atomic mass is 16.3. The van der Waals surface area contributed by atoms with Gasteiger partial charge < -0.3 is 15.5 Å². The van der Waals surface area contributed by atoms with Crippen LogP contribution >= 0.6 is 0 Å². The molecule has 0 spiro atoms. The van der Waals surface area contributed by atoms with Gasteiger partial charge in [0.15, 0.2) is 0 Å². The van der Waals surface area contributed by atoms with Gasteiger partial charge in [0.25, 0.3) is 0 Å². The van der Waals surface area contributed by atoms with Crippen molar-refractivity contribution in [2.75, 3.05) is 6.54 Å². The highest BCUT2D eigenvalue weighted by molar-refractivity contribution is 5.81. The minimum absolute atomic E-state index is 0.156. The van der Waals surface area contributed by atoms with E-state index < -0.39 is 0 Å². The number of benzene rings is 1. The lowest BCUT2D eigenvalue weighted by molar-refractivity contribution is 0.479. The van der Waals surface area contributed by atoms with Gasteiger partial charge in [-0.1, -0.05) is 32.0 Å². The third-order valence-corrected chi connectivity index (χ3v) is 2.66. The smallest absolute Gasteiger partial charge is 0.134 e. The summed E-state index contributed by atoms with van der Waals surface area (Å²) in [5.41, 5.74) is 7.86. The van der Waals surface area contributed by atoms with Crippen molar-refractivity contribution in [3.63, 3.8) is 0 Å². The Morgan fingerprint density at radius 2 is 2.06 bits per heavy atom. The van der Waals surface area contributed by atoms with Crippen molar-refractivity contribution in [1.29, 1.82) is 0 Å². The summed E-state index contributed by atoms with van der Waals surface area (Å²) < 4.78 is 5.52. The molecule has 3 N–H and O–H groups in total. The van der Waals surface area contributed by atoms with E-state index in [1.54, 1.807) is 6.26 Å². The van der Waals surface area contributed by atoms with Crippen LogP contribution in [0.2, 0.25) is 0 Å². The zero-order chi connectivity index (χ0) is 11.5. The Morgan fingerprint density at radius 1 is 1.31 bits per heavy atom. The van der Waals surface area contributed by atoms with Gasteiger partial charge in [-0.3, -0.25) is 0 Å². The molecule has 0 saturated carbocycles. The molecule has 0 radical (unpaired) electrons. The Kier molecular flexibility index (Phi) is 3.27. The summed E-state index contributed by atoms with van der Waals surface area (Å²) in [5, 5.41) is 4.58. The molecule has 3 nitrogen and oxygen atoms in total. The molecule has 2 rings (SSSR count). The van der Waals surface area contributed by atoms with Crippen LogP contribution in [0.1, 0.15) is 25.5 Å². The third kappa shape index (κ3) is 2.10. The fraction of sp³-hybridized carbons (Fsp3) is 0.385. The first-order valence-corrected chi connectivity index (χ1v) is 5.64. The first kappa shape index (κ1) is 11.2. The number of rotatable bonds is 4. The standard InChI is InChI=1S/C13H18N2O/c1-9(2)15-12(7-14)11-8-16-13-6-4-3-5-10(11)13/h3-6,8-9,12,15H,7,14H2,1-2H3. The molecule has 0 amide bonds. The lowest BCUT2D eigenvalue weighted by Gasteiger charge is -2.18. The summed E-state index contributed by atoms with van der Waals surface area (Å²) in [6.45, 7) is 4.80. The number of fused-ring (bicyclic) bond motifs is 1. The van der Waals surface area contributed by atoms with Gasteiger partial charge in [0.2, 0.25) is 0 Å². The number of nitrogens with one attached hydrogen (secondary N) is 1. The fourth-order valence-electron chi connectivity index (χ4n) is 1.96. The van der Waals surface area contributed by atoms with Crippen LogP contribution < -0.4 is 11.1 Å². The van der Waals surface area contributed by atoms with E-state index in [0.29, 0.717) is 12.6 Å². The summed E-state index contributed by atoms with van der Waals surface area (Å²) in [4.78, 5) is 0. The van der Waals surface area contributed by atoms with Crippen molar-refractivity contribution in [1.82, 2.24) is 5.32 Å². The normalized spacial score (nSPS) is 13.5. The molecule has 2 aromatic rings. The van der Waals surface area contributed by atoms with Crippen LogP contribution in [-0.4, -0.2) is 12.6 Å². The molecule has 0 aliphatic carbocycles. The summed E-state index contributed by atoms with van der Waals surface area (Å²) in [5.74, 6) is 0. The number of nitrogens with two attached hydrogens (primary N) is 1. The van der Waals surface area contributed by atoms with E-state index in [1.165, 1.54) is 0 Å². The Morgan fingerprint density at radius 3 is 2.75 bits per heavy atom. The third-order valence-electron chi connectivity index (χ3n) is 2.66. The van der Waals surface area contributed by atoms with Gasteiger partial charge in [0.05, 0.1) is 6.26 Å². The topological polar surface area (TPSA) is 51.2 Å². The van der Waals surface area contributed by atoms with E-state index in [-0.39, 0.29) is 6.04 Å². The van der Waals surface area contributed by atoms with Gasteiger partial charge in [-0.25, -0.2) is 0 Å². The van der Waals surface area contributed by atoms with E-state index in [2.05, 4.69) is 25.2 Å². The first-order valence-electron chi connectivity index (χ1n) is 5.64. The average molecular weight is 218 g/mol. The van der Waals surface area contributed by atoms with Crippen molar-refractivity contribution in [2.45, 2.75) is 25.9 Å². The number of hydrogen-bond acceptors (Lipinski definition) is 3. The SMILES string of the molecule is CC(C)NC(CN)c1coc2ccccc12. The maximum Gasteiger partial charge on any atom is 0.134 e. The van der Waals surface area contributed by atoms with E-state index >= 15 is 0 Å². The Bertz CT molecular complexity index is 462. The van der Waals surface area contributed by atoms with E-state index in [9.17, 15) is 0 Å². The summed E-state index contributed by atoms with van der Waals surface area (Å²) in [6.07, 6.45) is 1.80. The van der Waals surface area contributed by atoms with Crippen molar-refractivity contribution in [2.24, 2.45) is 5.73 Å². The van der Waals surface area contributed by atoms with E-state index in [1.807, 2.05) is 18.2 Å². The lowest BCUT2D eigenvalue weighted by atomic mass is 10.1. The Balaban J connectivity index is 2.37. The van der Waals surface area contributed by atoms with Crippen LogP contribution in [0.5, 0.6) is 0 Å². The molecule has 0 saturated heterocycles. The molecule has 0 bridgehead atoms. The van der Waals surface area contributed by atoms with Crippen LogP contribution in [0.3, 0.4) is 0 Å². The highest BCUT2D eigenvalue weighted by Gasteiger charge is 2.15. The van der Waals surface area contributed by atoms with Crippen LogP contribution in [0, 0.1) is 0 Å². The number of hydrogen-bond donors (Lipinski definition) is 2.